The zero-order chi connectivity index (χ0) is 12.5. The van der Waals surface area contributed by atoms with Gasteiger partial charge in [-0.3, -0.25) is 4.79 Å². The molecule has 1 fully saturated rings. The van der Waals surface area contributed by atoms with Crippen LogP contribution in [0, 0.1) is 0 Å². The summed E-state index contributed by atoms with van der Waals surface area (Å²) in [5.74, 6) is 0.346. The first-order valence-electron chi connectivity index (χ1n) is 7.13. The zero-order valence-electron chi connectivity index (χ0n) is 10.8. The van der Waals surface area contributed by atoms with E-state index >= 15 is 0 Å². The molecule has 2 aliphatic rings. The van der Waals surface area contributed by atoms with Crippen LogP contribution in [0.2, 0.25) is 0 Å². The Hall–Kier alpha value is -0.760. The predicted molar refractivity (Wildman–Crippen MR) is 74.4 cm³/mol. The summed E-state index contributed by atoms with van der Waals surface area (Å²) >= 11 is 5.93. The van der Waals surface area contributed by atoms with E-state index in [1.165, 1.54) is 36.9 Å². The molecular weight excluding hydrogens is 246 g/mol. The molecule has 0 N–H and O–H groups in total. The smallest absolute Gasteiger partial charge is 0.255 e. The van der Waals surface area contributed by atoms with Crippen molar-refractivity contribution in [1.82, 2.24) is 4.57 Å². The van der Waals surface area contributed by atoms with Crippen molar-refractivity contribution in [3.63, 3.8) is 0 Å². The third kappa shape index (κ3) is 2.01. The van der Waals surface area contributed by atoms with E-state index in [1.807, 2.05) is 0 Å². The Kier molecular flexibility index (Phi) is 3.47. The standard InChI is InChI=1S/C15H20ClNO/c16-10-12-9-11-5-4-8-14(11)17(15(12)18)13-6-2-1-3-7-13/h9,13H,1-8,10H2. The molecule has 0 atom stereocenters. The number of rotatable bonds is 2. The Morgan fingerprint density at radius 1 is 1.17 bits per heavy atom. The van der Waals surface area contributed by atoms with Crippen molar-refractivity contribution in [1.29, 1.82) is 0 Å². The van der Waals surface area contributed by atoms with Crippen LogP contribution in [0.5, 0.6) is 0 Å². The molecule has 2 nitrogen and oxygen atoms in total. The number of fused-ring (bicyclic) bond motifs is 1. The minimum atomic E-state index is 0.178. The molecule has 0 aromatic carbocycles. The number of nitrogens with zero attached hydrogens (tertiary/aromatic N) is 1. The SMILES string of the molecule is O=c1c(CCl)cc2c(n1C1CCCCC1)CCC2. The Morgan fingerprint density at radius 2 is 1.94 bits per heavy atom. The van der Waals surface area contributed by atoms with Crippen LogP contribution in [-0.2, 0) is 18.7 Å². The van der Waals surface area contributed by atoms with Crippen LogP contribution in [0.25, 0.3) is 0 Å². The lowest BCUT2D eigenvalue weighted by Gasteiger charge is -2.27. The summed E-state index contributed by atoms with van der Waals surface area (Å²) in [5.41, 5.74) is 3.65. The van der Waals surface area contributed by atoms with Gasteiger partial charge in [0.15, 0.2) is 0 Å². The molecule has 0 radical (unpaired) electrons. The molecule has 0 aliphatic heterocycles. The number of aryl methyl sites for hydroxylation is 1. The summed E-state index contributed by atoms with van der Waals surface area (Å²) in [5, 5.41) is 0. The van der Waals surface area contributed by atoms with E-state index in [0.29, 0.717) is 11.9 Å². The van der Waals surface area contributed by atoms with Crippen molar-refractivity contribution in [3.8, 4) is 0 Å². The van der Waals surface area contributed by atoms with Gasteiger partial charge in [-0.1, -0.05) is 19.3 Å². The first kappa shape index (κ1) is 12.3. The average Bonchev–Trinajstić information content (AvgIpc) is 2.86. The number of alkyl halides is 1. The van der Waals surface area contributed by atoms with E-state index in [1.54, 1.807) is 0 Å². The highest BCUT2D eigenvalue weighted by Crippen LogP contribution is 2.31. The Labute approximate surface area is 113 Å². The third-order valence-electron chi connectivity index (χ3n) is 4.45. The topological polar surface area (TPSA) is 22.0 Å². The molecule has 1 saturated carbocycles. The largest absolute Gasteiger partial charge is 0.309 e. The van der Waals surface area contributed by atoms with Gasteiger partial charge in [-0.05, 0) is 43.7 Å². The van der Waals surface area contributed by atoms with Gasteiger partial charge in [-0.15, -0.1) is 11.6 Å². The molecular formula is C15H20ClNO. The molecule has 0 saturated heterocycles. The van der Waals surface area contributed by atoms with Crippen LogP contribution in [-0.4, -0.2) is 4.57 Å². The Morgan fingerprint density at radius 3 is 2.67 bits per heavy atom. The van der Waals surface area contributed by atoms with E-state index in [-0.39, 0.29) is 5.56 Å². The Balaban J connectivity index is 2.11. The predicted octanol–water partition coefficient (Wildman–Crippen LogP) is 3.58. The minimum absolute atomic E-state index is 0.178. The second-order valence-electron chi connectivity index (χ2n) is 5.60. The van der Waals surface area contributed by atoms with Crippen molar-refractivity contribution in [2.24, 2.45) is 0 Å². The van der Waals surface area contributed by atoms with Gasteiger partial charge in [-0.2, -0.15) is 0 Å². The minimum Gasteiger partial charge on any atom is -0.309 e. The molecule has 1 heterocycles. The lowest BCUT2D eigenvalue weighted by Crippen LogP contribution is -2.31. The van der Waals surface area contributed by atoms with Gasteiger partial charge in [0.05, 0.1) is 5.88 Å². The van der Waals surface area contributed by atoms with Gasteiger partial charge < -0.3 is 4.57 Å². The quantitative estimate of drug-likeness (QED) is 0.749. The first-order chi connectivity index (χ1) is 8.81. The maximum atomic E-state index is 12.5. The molecule has 98 valence electrons. The maximum absolute atomic E-state index is 12.5. The van der Waals surface area contributed by atoms with Gasteiger partial charge >= 0.3 is 0 Å². The van der Waals surface area contributed by atoms with Crippen molar-refractivity contribution in [3.05, 3.63) is 33.2 Å². The zero-order valence-corrected chi connectivity index (χ0v) is 11.5. The van der Waals surface area contributed by atoms with E-state index in [0.717, 1.165) is 31.2 Å². The number of hydrogen-bond acceptors (Lipinski definition) is 1. The van der Waals surface area contributed by atoms with E-state index in [2.05, 4.69) is 10.6 Å². The van der Waals surface area contributed by atoms with Crippen LogP contribution < -0.4 is 5.56 Å². The lowest BCUT2D eigenvalue weighted by atomic mass is 9.94. The molecule has 0 amide bonds. The van der Waals surface area contributed by atoms with E-state index in [4.69, 9.17) is 11.6 Å². The average molecular weight is 266 g/mol. The van der Waals surface area contributed by atoms with Crippen LogP contribution in [0.3, 0.4) is 0 Å². The monoisotopic (exact) mass is 265 g/mol. The fraction of sp³-hybridized carbons (Fsp3) is 0.667. The molecule has 2 aliphatic carbocycles. The molecule has 3 heteroatoms. The summed E-state index contributed by atoms with van der Waals surface area (Å²) in [7, 11) is 0. The van der Waals surface area contributed by atoms with Crippen molar-refractivity contribution >= 4 is 11.6 Å². The van der Waals surface area contributed by atoms with Crippen LogP contribution >= 0.6 is 11.6 Å². The van der Waals surface area contributed by atoms with Gasteiger partial charge in [0.1, 0.15) is 0 Å². The summed E-state index contributed by atoms with van der Waals surface area (Å²) in [6.45, 7) is 0. The highest BCUT2D eigenvalue weighted by Gasteiger charge is 2.24. The summed E-state index contributed by atoms with van der Waals surface area (Å²) < 4.78 is 2.11. The van der Waals surface area contributed by atoms with Crippen molar-refractivity contribution in [2.45, 2.75) is 63.3 Å². The normalized spacial score (nSPS) is 20.1. The fourth-order valence-corrected chi connectivity index (χ4v) is 3.74. The van der Waals surface area contributed by atoms with Gasteiger partial charge in [0, 0.05) is 17.3 Å². The molecule has 18 heavy (non-hydrogen) atoms. The molecule has 0 spiro atoms. The Bertz CT molecular complexity index is 500. The van der Waals surface area contributed by atoms with Gasteiger partial charge in [0.2, 0.25) is 0 Å². The summed E-state index contributed by atoms with van der Waals surface area (Å²) in [4.78, 5) is 12.5. The molecule has 1 aromatic heterocycles. The highest BCUT2D eigenvalue weighted by atomic mass is 35.5. The number of pyridine rings is 1. The molecule has 0 unspecified atom stereocenters. The van der Waals surface area contributed by atoms with Crippen LogP contribution in [0.1, 0.15) is 61.4 Å². The van der Waals surface area contributed by atoms with Crippen LogP contribution in [0.15, 0.2) is 10.9 Å². The number of hydrogen-bond donors (Lipinski definition) is 0. The molecule has 1 aromatic rings. The maximum Gasteiger partial charge on any atom is 0.255 e. The summed E-state index contributed by atoms with van der Waals surface area (Å²) in [6.07, 6.45) is 9.55. The van der Waals surface area contributed by atoms with E-state index < -0.39 is 0 Å². The number of halogens is 1. The second kappa shape index (κ2) is 5.08. The van der Waals surface area contributed by atoms with Crippen molar-refractivity contribution in [2.75, 3.05) is 0 Å². The summed E-state index contributed by atoms with van der Waals surface area (Å²) in [6, 6.07) is 2.48. The fourth-order valence-electron chi connectivity index (χ4n) is 3.55. The van der Waals surface area contributed by atoms with Crippen LogP contribution in [0.4, 0.5) is 0 Å². The van der Waals surface area contributed by atoms with E-state index in [9.17, 15) is 4.79 Å². The molecule has 0 bridgehead atoms. The first-order valence-corrected chi connectivity index (χ1v) is 7.67. The lowest BCUT2D eigenvalue weighted by molar-refractivity contribution is 0.339. The highest BCUT2D eigenvalue weighted by molar-refractivity contribution is 6.17. The molecule has 3 rings (SSSR count). The van der Waals surface area contributed by atoms with Gasteiger partial charge in [0.25, 0.3) is 5.56 Å². The second-order valence-corrected chi connectivity index (χ2v) is 5.86. The number of aromatic nitrogens is 1. The van der Waals surface area contributed by atoms with Gasteiger partial charge in [-0.25, -0.2) is 0 Å². The third-order valence-corrected chi connectivity index (χ3v) is 4.73. The van der Waals surface area contributed by atoms with Crippen molar-refractivity contribution < 1.29 is 0 Å².